The number of anilines is 1. The lowest BCUT2D eigenvalue weighted by Gasteiger charge is -2.29. The third kappa shape index (κ3) is 5.98. The summed E-state index contributed by atoms with van der Waals surface area (Å²) in [6.07, 6.45) is -2.77. The van der Waals surface area contributed by atoms with Crippen LogP contribution in [0.5, 0.6) is 0 Å². The number of hydrogen-bond donors (Lipinski definition) is 1. The monoisotopic (exact) mass is 462 g/mol. The van der Waals surface area contributed by atoms with E-state index in [0.717, 1.165) is 24.5 Å². The van der Waals surface area contributed by atoms with Gasteiger partial charge in [-0.15, -0.1) is 0 Å². The van der Waals surface area contributed by atoms with Crippen LogP contribution in [0.25, 0.3) is 0 Å². The second-order valence-electron chi connectivity index (χ2n) is 6.72. The van der Waals surface area contributed by atoms with Crippen molar-refractivity contribution in [3.8, 4) is 0 Å². The van der Waals surface area contributed by atoms with E-state index in [0.29, 0.717) is 24.7 Å². The molecule has 3 rings (SSSR count). The Balaban J connectivity index is 1.84. The van der Waals surface area contributed by atoms with Gasteiger partial charge in [0.2, 0.25) is 0 Å². The van der Waals surface area contributed by atoms with E-state index in [1.807, 2.05) is 18.2 Å². The highest BCUT2D eigenvalue weighted by Gasteiger charge is 2.34. The summed E-state index contributed by atoms with van der Waals surface area (Å²) < 4.78 is 45.8. The second-order valence-corrected chi connectivity index (χ2v) is 7.96. The second kappa shape index (κ2) is 9.51. The van der Waals surface area contributed by atoms with Crippen molar-refractivity contribution in [1.82, 2.24) is 4.90 Å². The minimum Gasteiger partial charge on any atom is -0.376 e. The highest BCUT2D eigenvalue weighted by molar-refractivity contribution is 7.80. The normalized spacial score (nSPS) is 16.7. The van der Waals surface area contributed by atoms with E-state index in [1.54, 1.807) is 11.0 Å². The molecule has 1 aliphatic heterocycles. The van der Waals surface area contributed by atoms with Gasteiger partial charge in [0.15, 0.2) is 5.11 Å². The van der Waals surface area contributed by atoms with Crippen LogP contribution in [0.4, 0.5) is 18.9 Å². The Kier molecular flexibility index (Phi) is 7.27. The van der Waals surface area contributed by atoms with Crippen LogP contribution in [0, 0.1) is 0 Å². The molecule has 29 heavy (non-hydrogen) atoms. The average Bonchev–Trinajstić information content (AvgIpc) is 3.15. The average molecular weight is 463 g/mol. The van der Waals surface area contributed by atoms with Crippen LogP contribution in [0.1, 0.15) is 24.0 Å². The van der Waals surface area contributed by atoms with Crippen LogP contribution < -0.4 is 5.32 Å². The Morgan fingerprint density at radius 2 is 1.97 bits per heavy atom. The van der Waals surface area contributed by atoms with Gasteiger partial charge in [0, 0.05) is 29.7 Å². The number of thiocarbonyl (C=S) groups is 1. The molecule has 0 aromatic heterocycles. The van der Waals surface area contributed by atoms with E-state index in [9.17, 15) is 13.2 Å². The highest BCUT2D eigenvalue weighted by atomic mass is 35.5. The fraction of sp³-hybridized carbons (Fsp3) is 0.350. The molecule has 1 saturated heterocycles. The molecular weight excluding hydrogens is 444 g/mol. The number of nitrogens with one attached hydrogen (secondary N) is 1. The lowest BCUT2D eigenvalue weighted by molar-refractivity contribution is -0.136. The van der Waals surface area contributed by atoms with Crippen molar-refractivity contribution in [2.24, 2.45) is 0 Å². The molecule has 1 fully saturated rings. The van der Waals surface area contributed by atoms with Gasteiger partial charge in [-0.3, -0.25) is 0 Å². The minimum atomic E-state index is -4.54. The van der Waals surface area contributed by atoms with Crippen LogP contribution in [-0.2, 0) is 17.5 Å². The molecule has 156 valence electrons. The summed E-state index contributed by atoms with van der Waals surface area (Å²) in [5.41, 5.74) is -0.205. The van der Waals surface area contributed by atoms with Gasteiger partial charge in [-0.05, 0) is 54.9 Å². The van der Waals surface area contributed by atoms with Crippen molar-refractivity contribution in [3.05, 3.63) is 63.6 Å². The van der Waals surface area contributed by atoms with Crippen LogP contribution >= 0.6 is 35.4 Å². The maximum atomic E-state index is 13.4. The Hall–Kier alpha value is -1.54. The standard InChI is InChI=1S/C20H19Cl2F3N2OS/c21-14-7-8-16(20(23,24)25)18(10-14)26-19(29)27(12-15-5-3-9-28-15)11-13-4-1-2-6-17(13)22/h1-2,4,6-8,10,15H,3,5,9,11-12H2,(H,26,29). The number of halogens is 5. The van der Waals surface area contributed by atoms with Crippen molar-refractivity contribution in [1.29, 1.82) is 0 Å². The SMILES string of the molecule is FC(F)(F)c1ccc(Cl)cc1NC(=S)N(Cc1ccccc1Cl)CC1CCCO1. The van der Waals surface area contributed by atoms with Gasteiger partial charge < -0.3 is 15.0 Å². The minimum absolute atomic E-state index is 0.0429. The summed E-state index contributed by atoms with van der Waals surface area (Å²) in [7, 11) is 0. The van der Waals surface area contributed by atoms with Gasteiger partial charge in [-0.2, -0.15) is 13.2 Å². The fourth-order valence-electron chi connectivity index (χ4n) is 3.15. The molecule has 2 aromatic carbocycles. The first kappa shape index (κ1) is 22.2. The molecule has 1 aliphatic rings. The van der Waals surface area contributed by atoms with Crippen LogP contribution in [0.2, 0.25) is 10.0 Å². The highest BCUT2D eigenvalue weighted by Crippen LogP contribution is 2.36. The molecule has 1 unspecified atom stereocenters. The predicted octanol–water partition coefficient (Wildman–Crippen LogP) is 6.39. The third-order valence-corrected chi connectivity index (χ3v) is 5.55. The Morgan fingerprint density at radius 1 is 1.21 bits per heavy atom. The van der Waals surface area contributed by atoms with Gasteiger partial charge in [0.1, 0.15) is 0 Å². The third-order valence-electron chi connectivity index (χ3n) is 4.58. The summed E-state index contributed by atoms with van der Waals surface area (Å²) in [6, 6.07) is 10.6. The largest absolute Gasteiger partial charge is 0.418 e. The van der Waals surface area contributed by atoms with Gasteiger partial charge in [0.25, 0.3) is 0 Å². The summed E-state index contributed by atoms with van der Waals surface area (Å²) in [5.74, 6) is 0. The van der Waals surface area contributed by atoms with Gasteiger partial charge in [-0.25, -0.2) is 0 Å². The fourth-order valence-corrected chi connectivity index (χ4v) is 3.76. The molecule has 0 aliphatic carbocycles. The smallest absolute Gasteiger partial charge is 0.376 e. The number of rotatable bonds is 5. The van der Waals surface area contributed by atoms with E-state index in [4.69, 9.17) is 40.2 Å². The molecule has 9 heteroatoms. The maximum absolute atomic E-state index is 13.4. The van der Waals surface area contributed by atoms with Crippen LogP contribution in [0.3, 0.4) is 0 Å². The lowest BCUT2D eigenvalue weighted by atomic mass is 10.1. The topological polar surface area (TPSA) is 24.5 Å². The van der Waals surface area contributed by atoms with Crippen molar-refractivity contribution in [2.75, 3.05) is 18.5 Å². The summed E-state index contributed by atoms with van der Waals surface area (Å²) >= 11 is 17.7. The molecule has 1 heterocycles. The van der Waals surface area contributed by atoms with Crippen molar-refractivity contribution in [3.63, 3.8) is 0 Å². The van der Waals surface area contributed by atoms with Crippen LogP contribution in [-0.4, -0.2) is 29.3 Å². The van der Waals surface area contributed by atoms with Gasteiger partial charge >= 0.3 is 6.18 Å². The summed E-state index contributed by atoms with van der Waals surface area (Å²) in [6.45, 7) is 1.45. The van der Waals surface area contributed by atoms with E-state index >= 15 is 0 Å². The number of nitrogens with zero attached hydrogens (tertiary/aromatic N) is 1. The van der Waals surface area contributed by atoms with Gasteiger partial charge in [-0.1, -0.05) is 41.4 Å². The zero-order chi connectivity index (χ0) is 21.0. The molecule has 1 N–H and O–H groups in total. The lowest BCUT2D eigenvalue weighted by Crippen LogP contribution is -2.39. The van der Waals surface area contributed by atoms with Crippen molar-refractivity contribution < 1.29 is 17.9 Å². The molecule has 2 aromatic rings. The Morgan fingerprint density at radius 3 is 2.62 bits per heavy atom. The van der Waals surface area contributed by atoms with E-state index in [2.05, 4.69) is 5.32 Å². The first-order valence-corrected chi connectivity index (χ1v) is 10.2. The molecule has 0 spiro atoms. The summed E-state index contributed by atoms with van der Waals surface area (Å²) in [4.78, 5) is 1.77. The first-order chi connectivity index (χ1) is 13.7. The molecule has 0 radical (unpaired) electrons. The van der Waals surface area contributed by atoms with Crippen molar-refractivity contribution in [2.45, 2.75) is 31.7 Å². The number of ether oxygens (including phenoxy) is 1. The quantitative estimate of drug-likeness (QED) is 0.520. The molecule has 0 bridgehead atoms. The van der Waals surface area contributed by atoms with Gasteiger partial charge in [0.05, 0.1) is 17.4 Å². The van der Waals surface area contributed by atoms with E-state index in [1.165, 1.54) is 12.1 Å². The summed E-state index contributed by atoms with van der Waals surface area (Å²) in [5, 5.41) is 3.61. The van der Waals surface area contributed by atoms with E-state index in [-0.39, 0.29) is 21.9 Å². The maximum Gasteiger partial charge on any atom is 0.418 e. The van der Waals surface area contributed by atoms with E-state index < -0.39 is 11.7 Å². The first-order valence-electron chi connectivity index (χ1n) is 9.01. The Labute approximate surface area is 182 Å². The molecular formula is C20H19Cl2F3N2OS. The Bertz CT molecular complexity index is 873. The molecule has 0 amide bonds. The van der Waals surface area contributed by atoms with Crippen molar-refractivity contribution >= 4 is 46.2 Å². The molecule has 1 atom stereocenters. The number of hydrogen-bond acceptors (Lipinski definition) is 2. The van der Waals surface area contributed by atoms with Crippen LogP contribution in [0.15, 0.2) is 42.5 Å². The number of alkyl halides is 3. The molecule has 3 nitrogen and oxygen atoms in total. The predicted molar refractivity (Wildman–Crippen MR) is 114 cm³/mol. The molecule has 0 saturated carbocycles. The zero-order valence-corrected chi connectivity index (χ0v) is 17.6. The number of benzene rings is 2. The zero-order valence-electron chi connectivity index (χ0n) is 15.3.